The molecule has 0 unspecified atom stereocenters. The molecule has 0 radical (unpaired) electrons. The molecule has 0 aliphatic carbocycles. The number of aliphatic hydroxyl groups excluding tert-OH is 1. The second-order valence-corrected chi connectivity index (χ2v) is 4.46. The van der Waals surface area contributed by atoms with E-state index in [0.29, 0.717) is 13.0 Å². The Morgan fingerprint density at radius 1 is 1.40 bits per heavy atom. The van der Waals surface area contributed by atoms with Gasteiger partial charge in [0.15, 0.2) is 0 Å². The molecule has 1 heterocycles. The molecule has 0 aromatic heterocycles. The van der Waals surface area contributed by atoms with Gasteiger partial charge in [0.2, 0.25) is 5.91 Å². The van der Waals surface area contributed by atoms with Gasteiger partial charge in [0.1, 0.15) is 0 Å². The van der Waals surface area contributed by atoms with Gasteiger partial charge in [-0.2, -0.15) is 0 Å². The Morgan fingerprint density at radius 2 is 2.20 bits per heavy atom. The van der Waals surface area contributed by atoms with Crippen molar-refractivity contribution in [2.24, 2.45) is 0 Å². The molecule has 15 heavy (non-hydrogen) atoms. The largest absolute Gasteiger partial charge is 0.395 e. The Balaban J connectivity index is 2.41. The molecule has 0 saturated heterocycles. The van der Waals surface area contributed by atoms with Crippen molar-refractivity contribution in [2.75, 3.05) is 18.1 Å². The standard InChI is InChI=1S/C11H12BrNO2/c12-9-3-1-8-2-4-11(15)13(5-6-14)10(8)7-9/h1,3,7,14H,2,4-6H2. The van der Waals surface area contributed by atoms with Crippen LogP contribution < -0.4 is 4.90 Å². The number of rotatable bonds is 2. The number of β-amino-alcohol motifs (C(OH)–C–C–N with tert-alkyl or cyclic N) is 1. The summed E-state index contributed by atoms with van der Waals surface area (Å²) < 4.78 is 0.957. The summed E-state index contributed by atoms with van der Waals surface area (Å²) in [5.74, 6) is 0.0923. The van der Waals surface area contributed by atoms with Crippen LogP contribution in [-0.4, -0.2) is 24.2 Å². The SMILES string of the molecule is O=C1CCc2ccc(Br)cc2N1CCO. The van der Waals surface area contributed by atoms with Crippen LogP contribution in [0.5, 0.6) is 0 Å². The van der Waals surface area contributed by atoms with Crippen LogP contribution in [0.2, 0.25) is 0 Å². The lowest BCUT2D eigenvalue weighted by molar-refractivity contribution is -0.119. The molecule has 0 saturated carbocycles. The summed E-state index contributed by atoms with van der Waals surface area (Å²) in [7, 11) is 0. The highest BCUT2D eigenvalue weighted by Gasteiger charge is 2.23. The number of amides is 1. The zero-order valence-corrected chi connectivity index (χ0v) is 9.83. The first-order valence-electron chi connectivity index (χ1n) is 4.92. The molecule has 0 atom stereocenters. The minimum absolute atomic E-state index is 0.00229. The van der Waals surface area contributed by atoms with Gasteiger partial charge in [0.05, 0.1) is 6.61 Å². The summed E-state index contributed by atoms with van der Waals surface area (Å²) in [5.41, 5.74) is 2.10. The highest BCUT2D eigenvalue weighted by atomic mass is 79.9. The number of benzene rings is 1. The Labute approximate surface area is 96.8 Å². The second kappa shape index (κ2) is 4.33. The Hall–Kier alpha value is -0.870. The van der Waals surface area contributed by atoms with E-state index in [1.807, 2.05) is 18.2 Å². The predicted octanol–water partition coefficient (Wildman–Crippen LogP) is 1.72. The number of halogens is 1. The second-order valence-electron chi connectivity index (χ2n) is 3.54. The molecule has 1 amide bonds. The number of carbonyl (C=O) groups is 1. The van der Waals surface area contributed by atoms with Crippen LogP contribution in [0.4, 0.5) is 5.69 Å². The number of aliphatic hydroxyl groups is 1. The lowest BCUT2D eigenvalue weighted by Crippen LogP contribution is -2.37. The van der Waals surface area contributed by atoms with Gasteiger partial charge in [-0.25, -0.2) is 0 Å². The van der Waals surface area contributed by atoms with Crippen molar-refractivity contribution >= 4 is 27.5 Å². The van der Waals surface area contributed by atoms with E-state index in [4.69, 9.17) is 5.11 Å². The van der Waals surface area contributed by atoms with Crippen molar-refractivity contribution in [1.82, 2.24) is 0 Å². The number of fused-ring (bicyclic) bond motifs is 1. The van der Waals surface area contributed by atoms with Gasteiger partial charge in [-0.05, 0) is 24.1 Å². The van der Waals surface area contributed by atoms with Crippen LogP contribution in [-0.2, 0) is 11.2 Å². The van der Waals surface area contributed by atoms with Crippen LogP contribution in [0.1, 0.15) is 12.0 Å². The number of anilines is 1. The molecular weight excluding hydrogens is 258 g/mol. The molecule has 0 bridgehead atoms. The van der Waals surface area contributed by atoms with Crippen LogP contribution in [0, 0.1) is 0 Å². The van der Waals surface area contributed by atoms with Crippen molar-refractivity contribution in [3.05, 3.63) is 28.2 Å². The fourth-order valence-corrected chi connectivity index (χ4v) is 2.20. The predicted molar refractivity (Wildman–Crippen MR) is 61.9 cm³/mol. The van der Waals surface area contributed by atoms with E-state index in [-0.39, 0.29) is 12.5 Å². The molecule has 1 aromatic carbocycles. The topological polar surface area (TPSA) is 40.5 Å². The zero-order valence-electron chi connectivity index (χ0n) is 8.24. The van der Waals surface area contributed by atoms with Crippen LogP contribution in [0.15, 0.2) is 22.7 Å². The maximum atomic E-state index is 11.7. The first-order chi connectivity index (χ1) is 7.22. The van der Waals surface area contributed by atoms with Gasteiger partial charge in [-0.1, -0.05) is 22.0 Å². The lowest BCUT2D eigenvalue weighted by atomic mass is 10.0. The van der Waals surface area contributed by atoms with E-state index in [1.54, 1.807) is 4.90 Å². The molecule has 1 aliphatic rings. The third-order valence-corrected chi connectivity index (χ3v) is 3.06. The monoisotopic (exact) mass is 269 g/mol. The van der Waals surface area contributed by atoms with Gasteiger partial charge in [0, 0.05) is 23.1 Å². The molecule has 1 aliphatic heterocycles. The van der Waals surface area contributed by atoms with E-state index in [2.05, 4.69) is 15.9 Å². The molecule has 4 heteroatoms. The van der Waals surface area contributed by atoms with Gasteiger partial charge in [-0.3, -0.25) is 4.79 Å². The number of aryl methyl sites for hydroxylation is 1. The van der Waals surface area contributed by atoms with E-state index in [0.717, 1.165) is 16.6 Å². The van der Waals surface area contributed by atoms with Crippen LogP contribution in [0.3, 0.4) is 0 Å². The molecule has 3 nitrogen and oxygen atoms in total. The van der Waals surface area contributed by atoms with Crippen molar-refractivity contribution in [2.45, 2.75) is 12.8 Å². The number of hydrogen-bond acceptors (Lipinski definition) is 2. The quantitative estimate of drug-likeness (QED) is 0.889. The maximum absolute atomic E-state index is 11.7. The van der Waals surface area contributed by atoms with Crippen molar-refractivity contribution in [3.8, 4) is 0 Å². The Morgan fingerprint density at radius 3 is 2.93 bits per heavy atom. The first-order valence-corrected chi connectivity index (χ1v) is 5.71. The summed E-state index contributed by atoms with van der Waals surface area (Å²) in [5, 5.41) is 8.93. The summed E-state index contributed by atoms with van der Waals surface area (Å²) in [4.78, 5) is 13.3. The average Bonchev–Trinajstić information content (AvgIpc) is 2.23. The lowest BCUT2D eigenvalue weighted by Gasteiger charge is -2.29. The third kappa shape index (κ3) is 2.06. The number of nitrogens with zero attached hydrogens (tertiary/aromatic N) is 1. The Kier molecular flexibility index (Phi) is 3.07. The summed E-state index contributed by atoms with van der Waals surface area (Å²) >= 11 is 3.39. The highest BCUT2D eigenvalue weighted by Crippen LogP contribution is 2.30. The number of carbonyl (C=O) groups excluding carboxylic acids is 1. The van der Waals surface area contributed by atoms with E-state index in [1.165, 1.54) is 5.56 Å². The minimum atomic E-state index is -0.00229. The van der Waals surface area contributed by atoms with E-state index in [9.17, 15) is 4.79 Å². The normalized spacial score (nSPS) is 15.3. The van der Waals surface area contributed by atoms with Gasteiger partial charge < -0.3 is 10.0 Å². The molecule has 0 spiro atoms. The van der Waals surface area contributed by atoms with Crippen molar-refractivity contribution in [3.63, 3.8) is 0 Å². The van der Waals surface area contributed by atoms with Crippen molar-refractivity contribution in [1.29, 1.82) is 0 Å². The maximum Gasteiger partial charge on any atom is 0.227 e. The van der Waals surface area contributed by atoms with Gasteiger partial charge in [-0.15, -0.1) is 0 Å². The zero-order chi connectivity index (χ0) is 10.8. The summed E-state index contributed by atoms with van der Waals surface area (Å²) in [6, 6.07) is 5.93. The molecular formula is C11H12BrNO2. The van der Waals surface area contributed by atoms with Gasteiger partial charge >= 0.3 is 0 Å². The fourth-order valence-electron chi connectivity index (χ4n) is 1.86. The van der Waals surface area contributed by atoms with Crippen molar-refractivity contribution < 1.29 is 9.90 Å². The van der Waals surface area contributed by atoms with Gasteiger partial charge in [0.25, 0.3) is 0 Å². The van der Waals surface area contributed by atoms with E-state index >= 15 is 0 Å². The molecule has 1 aromatic rings. The Bertz CT molecular complexity index is 392. The van der Waals surface area contributed by atoms with Crippen LogP contribution in [0.25, 0.3) is 0 Å². The third-order valence-electron chi connectivity index (χ3n) is 2.57. The average molecular weight is 270 g/mol. The summed E-state index contributed by atoms with van der Waals surface area (Å²) in [6.07, 6.45) is 1.33. The molecule has 1 N–H and O–H groups in total. The van der Waals surface area contributed by atoms with E-state index < -0.39 is 0 Å². The fraction of sp³-hybridized carbons (Fsp3) is 0.364. The smallest absolute Gasteiger partial charge is 0.227 e. The molecule has 80 valence electrons. The minimum Gasteiger partial charge on any atom is -0.395 e. The molecule has 2 rings (SSSR count). The first kappa shape index (κ1) is 10.6. The number of hydrogen-bond donors (Lipinski definition) is 1. The summed E-state index contributed by atoms with van der Waals surface area (Å²) in [6.45, 7) is 0.375. The molecule has 0 fully saturated rings. The van der Waals surface area contributed by atoms with Crippen LogP contribution >= 0.6 is 15.9 Å². The highest BCUT2D eigenvalue weighted by molar-refractivity contribution is 9.10.